The van der Waals surface area contributed by atoms with Gasteiger partial charge in [0.2, 0.25) is 0 Å². The molecular formula is C17H18N2O2. The summed E-state index contributed by atoms with van der Waals surface area (Å²) in [6.07, 6.45) is 8.37. The molecule has 1 aromatic carbocycles. The van der Waals surface area contributed by atoms with Gasteiger partial charge in [-0.2, -0.15) is 5.10 Å². The highest BCUT2D eigenvalue weighted by atomic mass is 16.5. The maximum atomic E-state index is 12.1. The molecule has 0 unspecified atom stereocenters. The minimum absolute atomic E-state index is 0.190. The topological polar surface area (TPSA) is 44.1 Å². The van der Waals surface area contributed by atoms with Crippen molar-refractivity contribution in [2.75, 3.05) is 7.11 Å². The summed E-state index contributed by atoms with van der Waals surface area (Å²) < 4.78 is 6.98. The number of carbonyl (C=O) groups excluding carboxylic acids is 1. The number of nitrogens with zero attached hydrogens (tertiary/aromatic N) is 2. The molecule has 0 saturated heterocycles. The Morgan fingerprint density at radius 2 is 2.10 bits per heavy atom. The second kappa shape index (κ2) is 5.95. The van der Waals surface area contributed by atoms with Gasteiger partial charge in [0.05, 0.1) is 24.9 Å². The fourth-order valence-corrected chi connectivity index (χ4v) is 2.48. The molecule has 1 aliphatic carbocycles. The van der Waals surface area contributed by atoms with Crippen LogP contribution in [0.5, 0.6) is 5.75 Å². The standard InChI is InChI=1S/C17H18N2O2/c1-21-14-9-7-13(8-10-14)11-19-12-15-16(18-19)5-3-2-4-6-17(15)20/h3,5,7-10,12H,2,4,6,11H2,1H3/b5-3-. The highest BCUT2D eigenvalue weighted by Gasteiger charge is 2.15. The van der Waals surface area contributed by atoms with Crippen LogP contribution in [-0.4, -0.2) is 22.7 Å². The summed E-state index contributed by atoms with van der Waals surface area (Å²) >= 11 is 0. The van der Waals surface area contributed by atoms with Crippen molar-refractivity contribution in [2.45, 2.75) is 25.8 Å². The predicted octanol–water partition coefficient (Wildman–Crippen LogP) is 3.32. The third-order valence-corrected chi connectivity index (χ3v) is 3.64. The molecule has 1 heterocycles. The molecule has 0 spiro atoms. The van der Waals surface area contributed by atoms with E-state index in [9.17, 15) is 4.79 Å². The van der Waals surface area contributed by atoms with Crippen molar-refractivity contribution in [3.63, 3.8) is 0 Å². The molecule has 0 radical (unpaired) electrons. The molecule has 1 aromatic heterocycles. The number of hydrogen-bond donors (Lipinski definition) is 0. The lowest BCUT2D eigenvalue weighted by Crippen LogP contribution is -2.01. The van der Waals surface area contributed by atoms with E-state index in [0.717, 1.165) is 35.4 Å². The highest BCUT2D eigenvalue weighted by Crippen LogP contribution is 2.18. The SMILES string of the molecule is COc1ccc(Cn2cc3c(n2)/C=C\CCCC3=O)cc1. The number of methoxy groups -OCH3 is 1. The average Bonchev–Trinajstić information content (AvgIpc) is 2.88. The number of ether oxygens (including phenoxy) is 1. The number of benzene rings is 1. The number of hydrogen-bond acceptors (Lipinski definition) is 3. The Morgan fingerprint density at radius 3 is 2.86 bits per heavy atom. The van der Waals surface area contributed by atoms with Crippen molar-refractivity contribution in [3.8, 4) is 5.75 Å². The lowest BCUT2D eigenvalue weighted by Gasteiger charge is -2.03. The number of fused-ring (bicyclic) bond motifs is 1. The van der Waals surface area contributed by atoms with E-state index in [2.05, 4.69) is 11.2 Å². The van der Waals surface area contributed by atoms with Crippen LogP contribution in [0.2, 0.25) is 0 Å². The molecule has 0 fully saturated rings. The molecule has 4 heteroatoms. The van der Waals surface area contributed by atoms with Crippen LogP contribution in [0.25, 0.3) is 6.08 Å². The number of carbonyl (C=O) groups is 1. The minimum atomic E-state index is 0.190. The van der Waals surface area contributed by atoms with Crippen molar-refractivity contribution in [1.29, 1.82) is 0 Å². The zero-order valence-corrected chi connectivity index (χ0v) is 12.1. The molecule has 0 atom stereocenters. The van der Waals surface area contributed by atoms with Crippen LogP contribution >= 0.6 is 0 Å². The summed E-state index contributed by atoms with van der Waals surface area (Å²) in [4.78, 5) is 12.1. The number of rotatable bonds is 3. The van der Waals surface area contributed by atoms with Gasteiger partial charge in [0.1, 0.15) is 5.75 Å². The van der Waals surface area contributed by atoms with Crippen molar-refractivity contribution >= 4 is 11.9 Å². The van der Waals surface area contributed by atoms with E-state index in [-0.39, 0.29) is 5.78 Å². The monoisotopic (exact) mass is 282 g/mol. The fourth-order valence-electron chi connectivity index (χ4n) is 2.48. The molecule has 0 amide bonds. The van der Waals surface area contributed by atoms with E-state index in [1.165, 1.54) is 0 Å². The minimum Gasteiger partial charge on any atom is -0.497 e. The van der Waals surface area contributed by atoms with E-state index in [1.807, 2.05) is 41.2 Å². The molecule has 0 N–H and O–H groups in total. The van der Waals surface area contributed by atoms with Gasteiger partial charge in [-0.15, -0.1) is 0 Å². The normalized spacial score (nSPS) is 16.0. The number of Topliss-reactive ketones (excluding diaryl/α,β-unsaturated/α-hetero) is 1. The molecule has 0 aliphatic heterocycles. The third-order valence-electron chi connectivity index (χ3n) is 3.64. The first-order chi connectivity index (χ1) is 10.3. The molecule has 4 nitrogen and oxygen atoms in total. The first-order valence-electron chi connectivity index (χ1n) is 7.16. The van der Waals surface area contributed by atoms with Gasteiger partial charge in [-0.3, -0.25) is 9.48 Å². The van der Waals surface area contributed by atoms with Gasteiger partial charge in [-0.1, -0.05) is 18.2 Å². The second-order valence-electron chi connectivity index (χ2n) is 5.19. The summed E-state index contributed by atoms with van der Waals surface area (Å²) in [7, 11) is 1.65. The fraction of sp³-hybridized carbons (Fsp3) is 0.294. The highest BCUT2D eigenvalue weighted by molar-refractivity contribution is 5.98. The predicted molar refractivity (Wildman–Crippen MR) is 81.5 cm³/mol. The van der Waals surface area contributed by atoms with Gasteiger partial charge in [-0.25, -0.2) is 0 Å². The van der Waals surface area contributed by atoms with Crippen molar-refractivity contribution in [2.24, 2.45) is 0 Å². The average molecular weight is 282 g/mol. The van der Waals surface area contributed by atoms with Crippen LogP contribution in [0.4, 0.5) is 0 Å². The van der Waals surface area contributed by atoms with Gasteiger partial charge >= 0.3 is 0 Å². The largest absolute Gasteiger partial charge is 0.497 e. The lowest BCUT2D eigenvalue weighted by molar-refractivity contribution is 0.0980. The molecule has 0 bridgehead atoms. The molecule has 108 valence electrons. The zero-order chi connectivity index (χ0) is 14.7. The van der Waals surface area contributed by atoms with Crippen LogP contribution in [0, 0.1) is 0 Å². The van der Waals surface area contributed by atoms with Crippen molar-refractivity contribution in [3.05, 3.63) is 53.4 Å². The van der Waals surface area contributed by atoms with E-state index in [1.54, 1.807) is 7.11 Å². The maximum Gasteiger partial charge on any atom is 0.166 e. The summed E-state index contributed by atoms with van der Waals surface area (Å²) in [5.41, 5.74) is 2.65. The van der Waals surface area contributed by atoms with E-state index < -0.39 is 0 Å². The Balaban J connectivity index is 1.84. The molecular weight excluding hydrogens is 264 g/mol. The van der Waals surface area contributed by atoms with Crippen LogP contribution in [0.1, 0.15) is 40.9 Å². The van der Waals surface area contributed by atoms with Gasteiger partial charge in [0.25, 0.3) is 0 Å². The van der Waals surface area contributed by atoms with Gasteiger partial charge < -0.3 is 4.74 Å². The molecule has 21 heavy (non-hydrogen) atoms. The van der Waals surface area contributed by atoms with Gasteiger partial charge in [-0.05, 0) is 36.6 Å². The third kappa shape index (κ3) is 3.05. The first kappa shape index (κ1) is 13.6. The Labute approximate surface area is 124 Å². The summed E-state index contributed by atoms with van der Waals surface area (Å²) in [6, 6.07) is 7.88. The molecule has 3 rings (SSSR count). The second-order valence-corrected chi connectivity index (χ2v) is 5.19. The van der Waals surface area contributed by atoms with Crippen molar-refractivity contribution in [1.82, 2.24) is 9.78 Å². The van der Waals surface area contributed by atoms with Crippen LogP contribution in [-0.2, 0) is 6.54 Å². The smallest absolute Gasteiger partial charge is 0.166 e. The number of allylic oxidation sites excluding steroid dienone is 1. The Kier molecular flexibility index (Phi) is 3.86. The van der Waals surface area contributed by atoms with E-state index in [0.29, 0.717) is 13.0 Å². The number of ketones is 1. The quantitative estimate of drug-likeness (QED) is 0.867. The van der Waals surface area contributed by atoms with E-state index >= 15 is 0 Å². The molecule has 1 aliphatic rings. The molecule has 2 aromatic rings. The molecule has 0 saturated carbocycles. The van der Waals surface area contributed by atoms with Crippen LogP contribution in [0.15, 0.2) is 36.5 Å². The van der Waals surface area contributed by atoms with Gasteiger partial charge in [0, 0.05) is 12.6 Å². The van der Waals surface area contributed by atoms with Crippen LogP contribution < -0.4 is 4.74 Å². The lowest BCUT2D eigenvalue weighted by atomic mass is 10.0. The van der Waals surface area contributed by atoms with E-state index in [4.69, 9.17) is 4.74 Å². The van der Waals surface area contributed by atoms with Crippen LogP contribution in [0.3, 0.4) is 0 Å². The van der Waals surface area contributed by atoms with Gasteiger partial charge in [0.15, 0.2) is 5.78 Å². The summed E-state index contributed by atoms with van der Waals surface area (Å²) in [6.45, 7) is 0.651. The maximum absolute atomic E-state index is 12.1. The zero-order valence-electron chi connectivity index (χ0n) is 12.1. The van der Waals surface area contributed by atoms with Crippen molar-refractivity contribution < 1.29 is 9.53 Å². The Hall–Kier alpha value is -2.36. The summed E-state index contributed by atoms with van der Waals surface area (Å²) in [5.74, 6) is 1.03. The Morgan fingerprint density at radius 1 is 1.29 bits per heavy atom. The summed E-state index contributed by atoms with van der Waals surface area (Å²) in [5, 5.41) is 4.52. The first-order valence-corrected chi connectivity index (χ1v) is 7.16. The number of aromatic nitrogens is 2. The Bertz CT molecular complexity index is 669.